The quantitative estimate of drug-likeness (QED) is 0.644. The number of likely N-dealkylation sites (tertiary alicyclic amines) is 1. The molecule has 3 heterocycles. The molecule has 0 bridgehead atoms. The number of aliphatic hydroxyl groups excluding tert-OH is 1. The van der Waals surface area contributed by atoms with Crippen LogP contribution < -0.4 is 20.3 Å². The van der Waals surface area contributed by atoms with Gasteiger partial charge in [0, 0.05) is 43.0 Å². The number of rotatable bonds is 7. The minimum atomic E-state index is -0.424. The molecule has 7 heteroatoms. The summed E-state index contributed by atoms with van der Waals surface area (Å²) in [6.45, 7) is 3.93. The molecule has 162 valence electrons. The Hall–Kier alpha value is -2.19. The molecule has 0 saturated carbocycles. The lowest BCUT2D eigenvalue weighted by Crippen LogP contribution is -2.40. The topological polar surface area (TPSA) is 78.9 Å². The molecule has 2 saturated heterocycles. The van der Waals surface area contributed by atoms with E-state index in [1.165, 1.54) is 0 Å². The zero-order valence-electron chi connectivity index (χ0n) is 17.8. The van der Waals surface area contributed by atoms with E-state index >= 15 is 0 Å². The average Bonchev–Trinajstić information content (AvgIpc) is 3.27. The molecule has 2 fully saturated rings. The molecule has 3 N–H and O–H groups in total. The van der Waals surface area contributed by atoms with Gasteiger partial charge in [-0.15, -0.1) is 0 Å². The Bertz CT molecular complexity index is 811. The molecule has 30 heavy (non-hydrogen) atoms. The average molecular weight is 413 g/mol. The van der Waals surface area contributed by atoms with E-state index in [0.29, 0.717) is 11.8 Å². The lowest BCUT2D eigenvalue weighted by atomic mass is 9.87. The van der Waals surface area contributed by atoms with Crippen LogP contribution in [0.15, 0.2) is 42.7 Å². The predicted molar refractivity (Wildman–Crippen MR) is 115 cm³/mol. The summed E-state index contributed by atoms with van der Waals surface area (Å²) in [6.07, 6.45) is 5.10. The van der Waals surface area contributed by atoms with E-state index in [1.807, 2.05) is 24.3 Å². The maximum absolute atomic E-state index is 10.7. The number of hydrogen-bond donors (Lipinski definition) is 3. The number of benzene rings is 1. The van der Waals surface area contributed by atoms with Gasteiger partial charge >= 0.3 is 0 Å². The zero-order valence-corrected chi connectivity index (χ0v) is 17.8. The fraction of sp³-hybridized carbons (Fsp3) is 0.522. The molecular formula is C23H32N4O3. The molecule has 1 aromatic carbocycles. The van der Waals surface area contributed by atoms with Gasteiger partial charge in [0.2, 0.25) is 0 Å². The minimum Gasteiger partial charge on any atom is -0.497 e. The lowest BCUT2D eigenvalue weighted by Gasteiger charge is -2.36. The number of nitrogens with one attached hydrogen (secondary N) is 2. The second-order valence-corrected chi connectivity index (χ2v) is 8.24. The maximum Gasteiger partial charge on any atom is 0.127 e. The van der Waals surface area contributed by atoms with Crippen LogP contribution in [0.4, 0.5) is 0 Å². The number of pyridine rings is 1. The molecule has 4 rings (SSSR count). The molecule has 0 aliphatic carbocycles. The molecule has 0 spiro atoms. The van der Waals surface area contributed by atoms with Crippen LogP contribution in [0.2, 0.25) is 0 Å². The largest absolute Gasteiger partial charge is 0.497 e. The van der Waals surface area contributed by atoms with Crippen molar-refractivity contribution in [2.24, 2.45) is 11.8 Å². The molecule has 1 aromatic heterocycles. The van der Waals surface area contributed by atoms with Gasteiger partial charge in [0.1, 0.15) is 11.5 Å². The third kappa shape index (κ3) is 4.59. The van der Waals surface area contributed by atoms with Gasteiger partial charge in [-0.3, -0.25) is 10.4 Å². The Labute approximate surface area is 178 Å². The number of nitrogens with zero attached hydrogens (tertiary/aromatic N) is 2. The van der Waals surface area contributed by atoms with Crippen LogP contribution in [0.1, 0.15) is 36.1 Å². The summed E-state index contributed by atoms with van der Waals surface area (Å²) in [5.41, 5.74) is 8.83. The Kier molecular flexibility index (Phi) is 6.84. The number of methoxy groups -OCH3 is 2. The standard InChI is InChI=1S/C23H32N4O3/c1-29-19-5-6-20(21(12-19)30-2)22-18(14-25-26-22)15-27-10-7-16(8-11-27)23(28)17-4-3-9-24-13-17/h3-6,9,12-13,16,18,22-23,25-26,28H,7-8,10-11,14-15H2,1-2H3. The van der Waals surface area contributed by atoms with Gasteiger partial charge in [-0.2, -0.15) is 0 Å². The number of aromatic nitrogens is 1. The van der Waals surface area contributed by atoms with Gasteiger partial charge in [0.25, 0.3) is 0 Å². The second kappa shape index (κ2) is 9.75. The van der Waals surface area contributed by atoms with Gasteiger partial charge in [0.15, 0.2) is 0 Å². The second-order valence-electron chi connectivity index (χ2n) is 8.24. The number of hydrogen-bond acceptors (Lipinski definition) is 7. The van der Waals surface area contributed by atoms with E-state index in [0.717, 1.165) is 61.6 Å². The molecular weight excluding hydrogens is 380 g/mol. The highest BCUT2D eigenvalue weighted by Gasteiger charge is 2.34. The SMILES string of the molecule is COc1ccc(C2NNCC2CN2CCC(C(O)c3cccnc3)CC2)c(OC)c1. The first-order valence-corrected chi connectivity index (χ1v) is 10.7. The number of aliphatic hydroxyl groups is 1. The smallest absolute Gasteiger partial charge is 0.127 e. The van der Waals surface area contributed by atoms with E-state index in [1.54, 1.807) is 26.6 Å². The Morgan fingerprint density at radius 3 is 2.73 bits per heavy atom. The van der Waals surface area contributed by atoms with Crippen molar-refractivity contribution in [3.63, 3.8) is 0 Å². The third-order valence-electron chi connectivity index (χ3n) is 6.47. The predicted octanol–water partition coefficient (Wildman–Crippen LogP) is 2.31. The molecule has 2 aliphatic heterocycles. The van der Waals surface area contributed by atoms with Crippen LogP contribution in [0.25, 0.3) is 0 Å². The molecule has 3 atom stereocenters. The van der Waals surface area contributed by atoms with E-state index in [-0.39, 0.29) is 6.04 Å². The summed E-state index contributed by atoms with van der Waals surface area (Å²) in [7, 11) is 3.37. The fourth-order valence-corrected chi connectivity index (χ4v) is 4.72. The van der Waals surface area contributed by atoms with Crippen molar-refractivity contribution in [1.29, 1.82) is 0 Å². The van der Waals surface area contributed by atoms with Gasteiger partial charge in [-0.05, 0) is 49.5 Å². The van der Waals surface area contributed by atoms with Crippen molar-refractivity contribution in [3.05, 3.63) is 53.9 Å². The van der Waals surface area contributed by atoms with Crippen molar-refractivity contribution in [2.45, 2.75) is 25.0 Å². The van der Waals surface area contributed by atoms with Crippen molar-refractivity contribution in [1.82, 2.24) is 20.7 Å². The van der Waals surface area contributed by atoms with E-state index in [9.17, 15) is 5.11 Å². The summed E-state index contributed by atoms with van der Waals surface area (Å²) in [5, 5.41) is 10.7. The highest BCUT2D eigenvalue weighted by molar-refractivity contribution is 5.43. The van der Waals surface area contributed by atoms with Crippen LogP contribution in [-0.2, 0) is 0 Å². The molecule has 0 radical (unpaired) electrons. The first kappa shape index (κ1) is 21.1. The first-order chi connectivity index (χ1) is 14.7. The molecule has 0 amide bonds. The Morgan fingerprint density at radius 1 is 1.20 bits per heavy atom. The normalized spacial score (nSPS) is 24.0. The van der Waals surface area contributed by atoms with Crippen LogP contribution in [-0.4, -0.2) is 55.4 Å². The van der Waals surface area contributed by atoms with E-state index in [4.69, 9.17) is 9.47 Å². The molecule has 3 unspecified atom stereocenters. The molecule has 2 aromatic rings. The first-order valence-electron chi connectivity index (χ1n) is 10.7. The monoisotopic (exact) mass is 412 g/mol. The summed E-state index contributed by atoms with van der Waals surface area (Å²) in [5.74, 6) is 2.38. The van der Waals surface area contributed by atoms with Crippen LogP contribution >= 0.6 is 0 Å². The number of hydrazine groups is 1. The fourth-order valence-electron chi connectivity index (χ4n) is 4.72. The van der Waals surface area contributed by atoms with Gasteiger partial charge in [-0.1, -0.05) is 12.1 Å². The minimum absolute atomic E-state index is 0.185. The Morgan fingerprint density at radius 2 is 2.03 bits per heavy atom. The van der Waals surface area contributed by atoms with Crippen molar-refractivity contribution < 1.29 is 14.6 Å². The zero-order chi connectivity index (χ0) is 20.9. The summed E-state index contributed by atoms with van der Waals surface area (Å²) in [6, 6.07) is 10.1. The van der Waals surface area contributed by atoms with E-state index in [2.05, 4.69) is 26.8 Å². The summed E-state index contributed by atoms with van der Waals surface area (Å²) < 4.78 is 11.0. The van der Waals surface area contributed by atoms with Crippen molar-refractivity contribution >= 4 is 0 Å². The van der Waals surface area contributed by atoms with Gasteiger partial charge in [0.05, 0.1) is 26.4 Å². The number of piperidine rings is 1. The summed E-state index contributed by atoms with van der Waals surface area (Å²) in [4.78, 5) is 6.67. The van der Waals surface area contributed by atoms with Crippen molar-refractivity contribution in [2.75, 3.05) is 40.4 Å². The maximum atomic E-state index is 10.7. The highest BCUT2D eigenvalue weighted by Crippen LogP contribution is 2.36. The Balaban J connectivity index is 1.36. The summed E-state index contributed by atoms with van der Waals surface area (Å²) >= 11 is 0. The third-order valence-corrected chi connectivity index (χ3v) is 6.47. The van der Waals surface area contributed by atoms with Crippen molar-refractivity contribution in [3.8, 4) is 11.5 Å². The van der Waals surface area contributed by atoms with Crippen LogP contribution in [0, 0.1) is 11.8 Å². The highest BCUT2D eigenvalue weighted by atomic mass is 16.5. The van der Waals surface area contributed by atoms with Crippen LogP contribution in [0.3, 0.4) is 0 Å². The van der Waals surface area contributed by atoms with Gasteiger partial charge < -0.3 is 19.5 Å². The van der Waals surface area contributed by atoms with Gasteiger partial charge in [-0.25, -0.2) is 5.43 Å². The molecule has 2 aliphatic rings. The van der Waals surface area contributed by atoms with Crippen LogP contribution in [0.5, 0.6) is 11.5 Å². The molecule has 7 nitrogen and oxygen atoms in total. The van der Waals surface area contributed by atoms with E-state index < -0.39 is 6.10 Å². The number of ether oxygens (including phenoxy) is 2. The lowest BCUT2D eigenvalue weighted by molar-refractivity contribution is 0.0538.